The van der Waals surface area contributed by atoms with Gasteiger partial charge in [-0.3, -0.25) is 4.98 Å². The Labute approximate surface area is 96.9 Å². The molecule has 0 aliphatic carbocycles. The highest BCUT2D eigenvalue weighted by Crippen LogP contribution is 2.08. The van der Waals surface area contributed by atoms with Crippen LogP contribution >= 0.6 is 11.8 Å². The zero-order valence-electron chi connectivity index (χ0n) is 9.79. The van der Waals surface area contributed by atoms with Crippen molar-refractivity contribution in [2.24, 2.45) is 0 Å². The lowest BCUT2D eigenvalue weighted by Crippen LogP contribution is -2.17. The summed E-state index contributed by atoms with van der Waals surface area (Å²) >= 11 is 1.92. The Kier molecular flexibility index (Phi) is 5.73. The Hall–Kier alpha value is -0.540. The molecule has 1 rings (SSSR count). The van der Waals surface area contributed by atoms with Crippen molar-refractivity contribution < 1.29 is 0 Å². The summed E-state index contributed by atoms with van der Waals surface area (Å²) in [6.07, 6.45) is 7.20. The van der Waals surface area contributed by atoms with Crippen LogP contribution in [0.25, 0.3) is 0 Å². The van der Waals surface area contributed by atoms with E-state index in [0.29, 0.717) is 0 Å². The highest BCUT2D eigenvalue weighted by Gasteiger charge is 1.98. The van der Waals surface area contributed by atoms with Crippen LogP contribution in [-0.2, 0) is 6.54 Å². The molecule has 1 unspecified atom stereocenters. The van der Waals surface area contributed by atoms with Gasteiger partial charge in [0.05, 0.1) is 0 Å². The molecule has 0 spiro atoms. The first-order valence-electron chi connectivity index (χ1n) is 5.36. The first kappa shape index (κ1) is 12.5. The molecule has 0 aromatic carbocycles. The number of pyridine rings is 1. The van der Waals surface area contributed by atoms with Gasteiger partial charge in [0.1, 0.15) is 0 Å². The van der Waals surface area contributed by atoms with E-state index in [4.69, 9.17) is 0 Å². The SMILES string of the molecule is CSC(C)CCNCc1cncc(C)c1. The molecule has 0 aliphatic rings. The lowest BCUT2D eigenvalue weighted by Gasteiger charge is -2.09. The number of rotatable bonds is 6. The van der Waals surface area contributed by atoms with Crippen LogP contribution in [0.3, 0.4) is 0 Å². The van der Waals surface area contributed by atoms with Crippen molar-refractivity contribution >= 4 is 11.8 Å². The molecule has 1 atom stereocenters. The molecule has 15 heavy (non-hydrogen) atoms. The minimum absolute atomic E-state index is 0.744. The maximum absolute atomic E-state index is 4.17. The van der Waals surface area contributed by atoms with Crippen LogP contribution in [0, 0.1) is 6.92 Å². The van der Waals surface area contributed by atoms with Gasteiger partial charge in [-0.25, -0.2) is 0 Å². The first-order valence-corrected chi connectivity index (χ1v) is 6.65. The third kappa shape index (κ3) is 5.19. The maximum atomic E-state index is 4.17. The van der Waals surface area contributed by atoms with Crippen molar-refractivity contribution in [3.63, 3.8) is 0 Å². The molecule has 1 aromatic heterocycles. The number of hydrogen-bond acceptors (Lipinski definition) is 3. The summed E-state index contributed by atoms with van der Waals surface area (Å²) in [5.74, 6) is 0. The van der Waals surface area contributed by atoms with E-state index in [1.807, 2.05) is 24.2 Å². The van der Waals surface area contributed by atoms with E-state index in [-0.39, 0.29) is 0 Å². The quantitative estimate of drug-likeness (QED) is 0.752. The molecular formula is C12H20N2S. The fraction of sp³-hybridized carbons (Fsp3) is 0.583. The van der Waals surface area contributed by atoms with Gasteiger partial charge in [0, 0.05) is 24.2 Å². The van der Waals surface area contributed by atoms with Gasteiger partial charge in [0.2, 0.25) is 0 Å². The van der Waals surface area contributed by atoms with Gasteiger partial charge in [-0.15, -0.1) is 0 Å². The second-order valence-electron chi connectivity index (χ2n) is 3.88. The van der Waals surface area contributed by atoms with Gasteiger partial charge >= 0.3 is 0 Å². The number of thioether (sulfide) groups is 1. The van der Waals surface area contributed by atoms with Crippen LogP contribution in [0.4, 0.5) is 0 Å². The zero-order valence-corrected chi connectivity index (χ0v) is 10.6. The molecule has 0 saturated heterocycles. The molecule has 3 heteroatoms. The normalized spacial score (nSPS) is 12.7. The van der Waals surface area contributed by atoms with E-state index in [2.05, 4.69) is 36.5 Å². The molecule has 1 aromatic rings. The van der Waals surface area contributed by atoms with E-state index in [1.165, 1.54) is 17.5 Å². The van der Waals surface area contributed by atoms with Crippen molar-refractivity contribution in [3.05, 3.63) is 29.6 Å². The Balaban J connectivity index is 2.20. The van der Waals surface area contributed by atoms with Gasteiger partial charge in [0.25, 0.3) is 0 Å². The van der Waals surface area contributed by atoms with Crippen LogP contribution in [0.5, 0.6) is 0 Å². The summed E-state index contributed by atoms with van der Waals surface area (Å²) < 4.78 is 0. The summed E-state index contributed by atoms with van der Waals surface area (Å²) in [7, 11) is 0. The molecule has 0 radical (unpaired) electrons. The van der Waals surface area contributed by atoms with Crippen LogP contribution < -0.4 is 5.32 Å². The van der Waals surface area contributed by atoms with Crippen molar-refractivity contribution in [2.75, 3.05) is 12.8 Å². The summed E-state index contributed by atoms with van der Waals surface area (Å²) in [4.78, 5) is 4.17. The van der Waals surface area contributed by atoms with E-state index in [9.17, 15) is 0 Å². The molecule has 0 fully saturated rings. The predicted octanol–water partition coefficient (Wildman–Crippen LogP) is 2.62. The Morgan fingerprint density at radius 1 is 1.47 bits per heavy atom. The minimum atomic E-state index is 0.744. The number of nitrogens with zero attached hydrogens (tertiary/aromatic N) is 1. The predicted molar refractivity (Wildman–Crippen MR) is 68.3 cm³/mol. The van der Waals surface area contributed by atoms with Gasteiger partial charge in [-0.05, 0) is 37.3 Å². The van der Waals surface area contributed by atoms with Gasteiger partial charge in [-0.2, -0.15) is 11.8 Å². The van der Waals surface area contributed by atoms with Crippen LogP contribution in [-0.4, -0.2) is 23.0 Å². The average Bonchev–Trinajstić information content (AvgIpc) is 2.24. The number of hydrogen-bond donors (Lipinski definition) is 1. The Morgan fingerprint density at radius 3 is 2.93 bits per heavy atom. The lowest BCUT2D eigenvalue weighted by atomic mass is 10.2. The maximum Gasteiger partial charge on any atom is 0.0313 e. The van der Waals surface area contributed by atoms with Gasteiger partial charge in [0.15, 0.2) is 0 Å². The third-order valence-corrected chi connectivity index (χ3v) is 3.43. The largest absolute Gasteiger partial charge is 0.313 e. The second kappa shape index (κ2) is 6.85. The summed E-state index contributed by atoms with van der Waals surface area (Å²) in [5, 5.41) is 4.18. The second-order valence-corrected chi connectivity index (χ2v) is 5.16. The first-order chi connectivity index (χ1) is 7.22. The van der Waals surface area contributed by atoms with Crippen molar-refractivity contribution in [1.82, 2.24) is 10.3 Å². The highest BCUT2D eigenvalue weighted by molar-refractivity contribution is 7.99. The monoisotopic (exact) mass is 224 g/mol. The fourth-order valence-electron chi connectivity index (χ4n) is 1.37. The third-order valence-electron chi connectivity index (χ3n) is 2.39. The van der Waals surface area contributed by atoms with Crippen LogP contribution in [0.2, 0.25) is 0 Å². The molecule has 1 N–H and O–H groups in total. The number of nitrogens with one attached hydrogen (secondary N) is 1. The molecular weight excluding hydrogens is 204 g/mol. The molecule has 0 saturated carbocycles. The molecule has 1 heterocycles. The molecule has 0 amide bonds. The minimum Gasteiger partial charge on any atom is -0.313 e. The Morgan fingerprint density at radius 2 is 2.27 bits per heavy atom. The standard InChI is InChI=1S/C12H20N2S/c1-10-6-12(9-14-7-10)8-13-5-4-11(2)15-3/h6-7,9,11,13H,4-5,8H2,1-3H3. The van der Waals surface area contributed by atoms with E-state index >= 15 is 0 Å². The van der Waals surface area contributed by atoms with Crippen molar-refractivity contribution in [2.45, 2.75) is 32.1 Å². The molecule has 0 aliphatic heterocycles. The zero-order chi connectivity index (χ0) is 11.1. The molecule has 84 valence electrons. The smallest absolute Gasteiger partial charge is 0.0313 e. The van der Waals surface area contributed by atoms with E-state index in [1.54, 1.807) is 0 Å². The summed E-state index contributed by atoms with van der Waals surface area (Å²) in [6, 6.07) is 2.18. The summed E-state index contributed by atoms with van der Waals surface area (Å²) in [6.45, 7) is 6.35. The van der Waals surface area contributed by atoms with Crippen molar-refractivity contribution in [3.8, 4) is 0 Å². The Bertz CT molecular complexity index is 289. The highest BCUT2D eigenvalue weighted by atomic mass is 32.2. The molecule has 0 bridgehead atoms. The number of aromatic nitrogens is 1. The molecule has 2 nitrogen and oxygen atoms in total. The van der Waals surface area contributed by atoms with Crippen molar-refractivity contribution in [1.29, 1.82) is 0 Å². The van der Waals surface area contributed by atoms with E-state index < -0.39 is 0 Å². The van der Waals surface area contributed by atoms with E-state index in [0.717, 1.165) is 18.3 Å². The number of aryl methyl sites for hydroxylation is 1. The fourth-order valence-corrected chi connectivity index (χ4v) is 1.72. The summed E-state index contributed by atoms with van der Waals surface area (Å²) in [5.41, 5.74) is 2.50. The van der Waals surface area contributed by atoms with Crippen LogP contribution in [0.15, 0.2) is 18.5 Å². The van der Waals surface area contributed by atoms with Gasteiger partial charge < -0.3 is 5.32 Å². The van der Waals surface area contributed by atoms with Crippen LogP contribution in [0.1, 0.15) is 24.5 Å². The average molecular weight is 224 g/mol. The van der Waals surface area contributed by atoms with Gasteiger partial charge in [-0.1, -0.05) is 13.0 Å². The lowest BCUT2D eigenvalue weighted by molar-refractivity contribution is 0.646. The topological polar surface area (TPSA) is 24.9 Å².